The standard InChI is InChI=1S/C21H24N4O/c22-19-15-5-2-1-4-14(15)12-21(19)8-10-25(11-9-21)20-18(13-26)23-16-6-3-7-17(16)24-20/h1-6,19,26H,7-13,22H2/t19-/m1/s1. The predicted molar refractivity (Wildman–Crippen MR) is 102 cm³/mol. The van der Waals surface area contributed by atoms with Gasteiger partial charge in [0.2, 0.25) is 0 Å². The second-order valence-corrected chi connectivity index (χ2v) is 7.79. The number of aliphatic hydroxyl groups is 1. The van der Waals surface area contributed by atoms with Gasteiger partial charge in [-0.05, 0) is 41.9 Å². The van der Waals surface area contributed by atoms with E-state index in [4.69, 9.17) is 10.7 Å². The summed E-state index contributed by atoms with van der Waals surface area (Å²) in [5.41, 5.74) is 12.2. The molecular weight excluding hydrogens is 324 g/mol. The first kappa shape index (κ1) is 16.0. The lowest BCUT2D eigenvalue weighted by Crippen LogP contribution is -2.45. The van der Waals surface area contributed by atoms with Gasteiger partial charge in [0, 0.05) is 25.6 Å². The van der Waals surface area contributed by atoms with Crippen molar-refractivity contribution >= 4 is 11.9 Å². The molecule has 3 aliphatic rings. The van der Waals surface area contributed by atoms with E-state index in [0.29, 0.717) is 5.69 Å². The van der Waals surface area contributed by atoms with Crippen LogP contribution in [0.25, 0.3) is 6.08 Å². The highest BCUT2D eigenvalue weighted by Gasteiger charge is 2.46. The van der Waals surface area contributed by atoms with Crippen LogP contribution in [0.15, 0.2) is 30.3 Å². The number of aromatic nitrogens is 2. The van der Waals surface area contributed by atoms with Gasteiger partial charge < -0.3 is 15.7 Å². The van der Waals surface area contributed by atoms with Crippen LogP contribution in [0.4, 0.5) is 5.82 Å². The number of aliphatic hydroxyl groups excluding tert-OH is 1. The van der Waals surface area contributed by atoms with E-state index in [9.17, 15) is 5.11 Å². The third-order valence-corrected chi connectivity index (χ3v) is 6.44. The maximum Gasteiger partial charge on any atom is 0.153 e. The summed E-state index contributed by atoms with van der Waals surface area (Å²) in [7, 11) is 0. The minimum Gasteiger partial charge on any atom is -0.390 e. The maximum absolute atomic E-state index is 9.77. The summed E-state index contributed by atoms with van der Waals surface area (Å²) in [6.45, 7) is 1.75. The van der Waals surface area contributed by atoms with Crippen LogP contribution < -0.4 is 10.6 Å². The van der Waals surface area contributed by atoms with Crippen molar-refractivity contribution in [1.82, 2.24) is 9.97 Å². The number of allylic oxidation sites excluding steroid dienone is 1. The first-order valence-electron chi connectivity index (χ1n) is 9.46. The summed E-state index contributed by atoms with van der Waals surface area (Å²) < 4.78 is 0. The average molecular weight is 348 g/mol. The zero-order valence-corrected chi connectivity index (χ0v) is 14.9. The molecule has 5 rings (SSSR count). The van der Waals surface area contributed by atoms with Crippen molar-refractivity contribution in [3.63, 3.8) is 0 Å². The van der Waals surface area contributed by atoms with Crippen molar-refractivity contribution in [2.75, 3.05) is 18.0 Å². The van der Waals surface area contributed by atoms with Gasteiger partial charge in [-0.1, -0.05) is 30.3 Å². The Morgan fingerprint density at radius 3 is 2.77 bits per heavy atom. The van der Waals surface area contributed by atoms with Gasteiger partial charge in [-0.2, -0.15) is 0 Å². The topological polar surface area (TPSA) is 75.3 Å². The van der Waals surface area contributed by atoms with Crippen LogP contribution in [0, 0.1) is 5.41 Å². The van der Waals surface area contributed by atoms with E-state index in [1.807, 2.05) is 6.08 Å². The SMILES string of the molecule is N[C@@H]1c2ccccc2CC12CCN(c1nc3c(nc1CO)C=CC3)CC2. The second kappa shape index (κ2) is 5.89. The average Bonchev–Trinajstić information content (AvgIpc) is 3.24. The van der Waals surface area contributed by atoms with Crippen molar-refractivity contribution in [2.24, 2.45) is 11.1 Å². The number of fused-ring (bicyclic) bond motifs is 2. The zero-order valence-electron chi connectivity index (χ0n) is 14.9. The summed E-state index contributed by atoms with van der Waals surface area (Å²) >= 11 is 0. The van der Waals surface area contributed by atoms with E-state index >= 15 is 0 Å². The Labute approximate surface area is 153 Å². The molecule has 1 saturated heterocycles. The molecule has 2 aliphatic carbocycles. The van der Waals surface area contributed by atoms with Crippen LogP contribution in [0.5, 0.6) is 0 Å². The monoisotopic (exact) mass is 348 g/mol. The number of nitrogens with two attached hydrogens (primary N) is 1. The molecule has 0 radical (unpaired) electrons. The molecule has 0 bridgehead atoms. The van der Waals surface area contributed by atoms with E-state index in [-0.39, 0.29) is 18.1 Å². The van der Waals surface area contributed by atoms with Crippen LogP contribution >= 0.6 is 0 Å². The Morgan fingerprint density at radius 2 is 2.00 bits per heavy atom. The number of benzene rings is 1. The molecule has 1 spiro atoms. The Kier molecular flexibility index (Phi) is 3.62. The quantitative estimate of drug-likeness (QED) is 0.871. The van der Waals surface area contributed by atoms with E-state index in [2.05, 4.69) is 40.2 Å². The second-order valence-electron chi connectivity index (χ2n) is 7.79. The Morgan fingerprint density at radius 1 is 1.19 bits per heavy atom. The largest absolute Gasteiger partial charge is 0.390 e. The van der Waals surface area contributed by atoms with Crippen molar-refractivity contribution in [3.8, 4) is 0 Å². The minimum absolute atomic E-state index is 0.0734. The molecule has 3 N–H and O–H groups in total. The first-order valence-corrected chi connectivity index (χ1v) is 9.46. The summed E-state index contributed by atoms with van der Waals surface area (Å²) in [6.07, 6.45) is 8.07. The fraction of sp³-hybridized carbons (Fsp3) is 0.429. The lowest BCUT2D eigenvalue weighted by atomic mass is 9.73. The minimum atomic E-state index is -0.0734. The Bertz CT molecular complexity index is 884. The highest BCUT2D eigenvalue weighted by Crippen LogP contribution is 2.51. The number of rotatable bonds is 2. The number of piperidine rings is 1. The summed E-state index contributed by atoms with van der Waals surface area (Å²) in [6, 6.07) is 8.73. The van der Waals surface area contributed by atoms with Gasteiger partial charge in [0.1, 0.15) is 5.69 Å². The Balaban J connectivity index is 1.39. The molecule has 2 aromatic rings. The molecule has 0 unspecified atom stereocenters. The molecule has 1 aliphatic heterocycles. The number of hydrogen-bond acceptors (Lipinski definition) is 5. The summed E-state index contributed by atoms with van der Waals surface area (Å²) in [5.74, 6) is 0.855. The van der Waals surface area contributed by atoms with Crippen LogP contribution in [0.3, 0.4) is 0 Å². The molecular formula is C21H24N4O. The molecule has 5 nitrogen and oxygen atoms in total. The molecule has 1 aromatic carbocycles. The van der Waals surface area contributed by atoms with Crippen molar-refractivity contribution < 1.29 is 5.11 Å². The van der Waals surface area contributed by atoms with Crippen LogP contribution in [0.1, 0.15) is 47.1 Å². The van der Waals surface area contributed by atoms with E-state index < -0.39 is 0 Å². The van der Waals surface area contributed by atoms with Crippen molar-refractivity contribution in [1.29, 1.82) is 0 Å². The molecule has 26 heavy (non-hydrogen) atoms. The fourth-order valence-corrected chi connectivity index (χ4v) is 4.90. The van der Waals surface area contributed by atoms with Gasteiger partial charge in [0.05, 0.1) is 18.0 Å². The van der Waals surface area contributed by atoms with E-state index in [0.717, 1.165) is 56.0 Å². The number of nitrogens with zero attached hydrogens (tertiary/aromatic N) is 3. The smallest absolute Gasteiger partial charge is 0.153 e. The molecule has 0 saturated carbocycles. The Hall–Kier alpha value is -2.24. The van der Waals surface area contributed by atoms with E-state index in [1.54, 1.807) is 0 Å². The van der Waals surface area contributed by atoms with Crippen LogP contribution in [-0.4, -0.2) is 28.2 Å². The normalized spacial score (nSPS) is 22.7. The molecule has 0 amide bonds. The lowest BCUT2D eigenvalue weighted by molar-refractivity contribution is 0.186. The predicted octanol–water partition coefficient (Wildman–Crippen LogP) is 2.38. The number of hydrogen-bond donors (Lipinski definition) is 2. The highest BCUT2D eigenvalue weighted by atomic mass is 16.3. The third kappa shape index (κ3) is 2.31. The van der Waals surface area contributed by atoms with E-state index in [1.165, 1.54) is 11.1 Å². The van der Waals surface area contributed by atoms with Gasteiger partial charge in [0.15, 0.2) is 5.82 Å². The van der Waals surface area contributed by atoms with Crippen molar-refractivity contribution in [3.05, 3.63) is 58.6 Å². The fourth-order valence-electron chi connectivity index (χ4n) is 4.90. The highest BCUT2D eigenvalue weighted by molar-refractivity contribution is 5.58. The zero-order chi connectivity index (χ0) is 17.7. The molecule has 2 heterocycles. The molecule has 1 aromatic heterocycles. The van der Waals surface area contributed by atoms with Gasteiger partial charge in [-0.3, -0.25) is 0 Å². The summed E-state index contributed by atoms with van der Waals surface area (Å²) in [4.78, 5) is 11.7. The molecule has 134 valence electrons. The number of anilines is 1. The summed E-state index contributed by atoms with van der Waals surface area (Å²) in [5, 5.41) is 9.77. The lowest BCUT2D eigenvalue weighted by Gasteiger charge is -2.43. The molecule has 1 atom stereocenters. The van der Waals surface area contributed by atoms with Crippen LogP contribution in [0.2, 0.25) is 0 Å². The first-order chi connectivity index (χ1) is 12.7. The van der Waals surface area contributed by atoms with Gasteiger partial charge in [-0.15, -0.1) is 0 Å². The third-order valence-electron chi connectivity index (χ3n) is 6.44. The maximum atomic E-state index is 9.77. The molecule has 1 fully saturated rings. The molecule has 5 heteroatoms. The van der Waals surface area contributed by atoms with Gasteiger partial charge >= 0.3 is 0 Å². The van der Waals surface area contributed by atoms with Gasteiger partial charge in [-0.25, -0.2) is 9.97 Å². The van der Waals surface area contributed by atoms with Gasteiger partial charge in [0.25, 0.3) is 0 Å². The van der Waals surface area contributed by atoms with Crippen LogP contribution in [-0.2, 0) is 19.4 Å². The van der Waals surface area contributed by atoms with Crippen molar-refractivity contribution in [2.45, 2.75) is 38.3 Å².